The Bertz CT molecular complexity index is 1930. The normalized spacial score (nSPS) is 33.2. The van der Waals surface area contributed by atoms with Gasteiger partial charge in [0.25, 0.3) is 5.91 Å². The molecule has 5 aliphatic carbocycles. The highest BCUT2D eigenvalue weighted by molar-refractivity contribution is 5.96. The minimum atomic E-state index is -0.719. The second kappa shape index (κ2) is 14.5. The minimum Gasteiger partial charge on any atom is -0.456 e. The van der Waals surface area contributed by atoms with Crippen LogP contribution < -0.4 is 10.6 Å². The van der Waals surface area contributed by atoms with Crippen molar-refractivity contribution in [3.8, 4) is 0 Å². The van der Waals surface area contributed by atoms with Gasteiger partial charge in [-0.05, 0) is 117 Å². The van der Waals surface area contributed by atoms with Crippen LogP contribution in [0.25, 0.3) is 6.08 Å². The average Bonchev–Trinajstić information content (AvgIpc) is 4.10. The molecule has 4 saturated carbocycles. The van der Waals surface area contributed by atoms with E-state index < -0.39 is 30.1 Å². The first kappa shape index (κ1) is 37.7. The van der Waals surface area contributed by atoms with Crippen LogP contribution in [0.4, 0.5) is 0 Å². The molecule has 10 heteroatoms. The van der Waals surface area contributed by atoms with Gasteiger partial charge in [-0.25, -0.2) is 4.79 Å². The van der Waals surface area contributed by atoms with Crippen LogP contribution in [-0.2, 0) is 30.3 Å². The second-order valence-corrected chi connectivity index (χ2v) is 18.3. The number of amides is 2. The molecule has 9 rings (SSSR count). The summed E-state index contributed by atoms with van der Waals surface area (Å²) in [7, 11) is 0. The number of benzene rings is 2. The molecule has 298 valence electrons. The number of fused-ring (bicyclic) bond motifs is 3. The van der Waals surface area contributed by atoms with E-state index in [2.05, 4.69) is 37.5 Å². The quantitative estimate of drug-likeness (QED) is 0.171. The number of ether oxygens (including phenoxy) is 4. The monoisotopic (exact) mass is 764 g/mol. The molecule has 2 aromatic rings. The van der Waals surface area contributed by atoms with Crippen LogP contribution >= 0.6 is 0 Å². The number of esters is 1. The van der Waals surface area contributed by atoms with Gasteiger partial charge in [-0.1, -0.05) is 55.8 Å². The Hall–Kier alpha value is -3.83. The van der Waals surface area contributed by atoms with Crippen molar-refractivity contribution in [3.63, 3.8) is 0 Å². The van der Waals surface area contributed by atoms with Crippen LogP contribution in [0.15, 0.2) is 65.8 Å². The Kier molecular flexibility index (Phi) is 9.79. The van der Waals surface area contributed by atoms with Crippen LogP contribution in [0, 0.1) is 29.1 Å². The molecule has 7 atom stereocenters. The van der Waals surface area contributed by atoms with Gasteiger partial charge in [0.1, 0.15) is 18.3 Å². The van der Waals surface area contributed by atoms with Crippen molar-refractivity contribution < 1.29 is 38.4 Å². The fourth-order valence-corrected chi connectivity index (χ4v) is 10.4. The Balaban J connectivity index is 0.947. The number of epoxide rings is 1. The smallest absolute Gasteiger partial charge is 0.339 e. The van der Waals surface area contributed by atoms with Gasteiger partial charge in [-0.2, -0.15) is 0 Å². The summed E-state index contributed by atoms with van der Waals surface area (Å²) in [6.07, 6.45) is 12.4. The molecule has 10 nitrogen and oxygen atoms in total. The summed E-state index contributed by atoms with van der Waals surface area (Å²) in [6, 6.07) is 14.8. The van der Waals surface area contributed by atoms with E-state index in [1.807, 2.05) is 36.4 Å². The number of aliphatic hydroxyl groups excluding tert-OH is 1. The Morgan fingerprint density at radius 2 is 1.70 bits per heavy atom. The molecule has 0 spiro atoms. The van der Waals surface area contributed by atoms with Crippen LogP contribution in [0.2, 0.25) is 0 Å². The highest BCUT2D eigenvalue weighted by Crippen LogP contribution is 2.61. The van der Waals surface area contributed by atoms with Crippen molar-refractivity contribution in [2.45, 2.75) is 127 Å². The number of hydrogen-bond donors (Lipinski definition) is 3. The molecule has 2 aromatic carbocycles. The number of nitrogens with one attached hydrogen (secondary N) is 2. The predicted molar refractivity (Wildman–Crippen MR) is 209 cm³/mol. The van der Waals surface area contributed by atoms with Gasteiger partial charge in [0, 0.05) is 42.5 Å². The average molecular weight is 765 g/mol. The van der Waals surface area contributed by atoms with Crippen molar-refractivity contribution >= 4 is 23.9 Å². The molecule has 0 aromatic heterocycles. The third kappa shape index (κ3) is 7.27. The lowest BCUT2D eigenvalue weighted by Crippen LogP contribution is -2.45. The maximum absolute atomic E-state index is 14.4. The summed E-state index contributed by atoms with van der Waals surface area (Å²) in [6.45, 7) is 7.26. The molecule has 3 N–H and O–H groups in total. The highest BCUT2D eigenvalue weighted by atomic mass is 16.8. The molecule has 6 fully saturated rings. The number of rotatable bonds is 11. The number of carbonyl (C=O) groups is 3. The summed E-state index contributed by atoms with van der Waals surface area (Å²) in [5, 5.41) is 14.8. The maximum atomic E-state index is 14.4. The summed E-state index contributed by atoms with van der Waals surface area (Å²) in [5.74, 6) is -0.00162. The molecule has 56 heavy (non-hydrogen) atoms. The molecular weight excluding hydrogens is 709 g/mol. The van der Waals surface area contributed by atoms with Gasteiger partial charge in [-0.3, -0.25) is 9.59 Å². The van der Waals surface area contributed by atoms with Gasteiger partial charge >= 0.3 is 5.97 Å². The van der Waals surface area contributed by atoms with E-state index in [0.29, 0.717) is 46.5 Å². The van der Waals surface area contributed by atoms with E-state index in [-0.39, 0.29) is 48.9 Å². The minimum absolute atomic E-state index is 0.00217. The fourth-order valence-electron chi connectivity index (χ4n) is 10.4. The van der Waals surface area contributed by atoms with Crippen molar-refractivity contribution in [2.75, 3.05) is 13.2 Å². The van der Waals surface area contributed by atoms with Crippen LogP contribution in [-0.4, -0.2) is 71.8 Å². The largest absolute Gasteiger partial charge is 0.456 e. The Morgan fingerprint density at radius 1 is 0.911 bits per heavy atom. The first-order valence-electron chi connectivity index (χ1n) is 21.0. The van der Waals surface area contributed by atoms with Gasteiger partial charge in [0.05, 0.1) is 23.9 Å². The number of carbonyl (C=O) groups excluding carboxylic acids is 3. The van der Waals surface area contributed by atoms with Gasteiger partial charge < -0.3 is 34.7 Å². The SMILES string of the molecule is CC1(C)CC2C(=Cc3ccccc3C(=O)OC3CC(C(=O)NCc4cccc(C(=O)NCCO)c4)=CC4OC(C5CC5)(C5CC5)OC43)CCC3OC3(C)CCC21. The number of aliphatic hydroxyl groups is 1. The van der Waals surface area contributed by atoms with Crippen molar-refractivity contribution in [2.24, 2.45) is 29.1 Å². The molecule has 7 aliphatic rings. The lowest BCUT2D eigenvalue weighted by molar-refractivity contribution is -0.209. The molecule has 7 unspecified atom stereocenters. The number of allylic oxidation sites excluding steroid dienone is 1. The van der Waals surface area contributed by atoms with E-state index in [9.17, 15) is 14.4 Å². The molecule has 0 radical (unpaired) electrons. The zero-order chi connectivity index (χ0) is 38.8. The molecule has 2 saturated heterocycles. The topological polar surface area (TPSA) is 136 Å². The van der Waals surface area contributed by atoms with Gasteiger partial charge in [0.2, 0.25) is 5.91 Å². The van der Waals surface area contributed by atoms with E-state index in [0.717, 1.165) is 68.9 Å². The zero-order valence-corrected chi connectivity index (χ0v) is 32.9. The van der Waals surface area contributed by atoms with Crippen molar-refractivity contribution in [3.05, 3.63) is 88.0 Å². The van der Waals surface area contributed by atoms with E-state index >= 15 is 0 Å². The standard InChI is InChI=1S/C46H56N2O8/c1-44(2)25-35-29(11-16-39-45(3,55-39)18-17-36(35)44)22-28-8-4-5-10-34(28)43(52)53-37-23-31(24-38-40(37)56-46(54-38,32-12-13-32)33-14-15-33)42(51)48-26-27-7-6-9-30(21-27)41(50)47-19-20-49/h4-10,21-22,24,32-33,35-40,49H,11-20,23,25-26H2,1-3H3,(H,47,50)(H,48,51). The highest BCUT2D eigenvalue weighted by Gasteiger charge is 2.64. The summed E-state index contributed by atoms with van der Waals surface area (Å²) >= 11 is 0. The number of hydrogen-bond acceptors (Lipinski definition) is 8. The lowest BCUT2D eigenvalue weighted by atomic mass is 9.52. The lowest BCUT2D eigenvalue weighted by Gasteiger charge is -2.53. The molecule has 2 heterocycles. The third-order valence-electron chi connectivity index (χ3n) is 13.9. The molecule has 2 aliphatic heterocycles. The Morgan fingerprint density at radius 3 is 2.45 bits per heavy atom. The van der Waals surface area contributed by atoms with Crippen LogP contribution in [0.1, 0.15) is 117 Å². The summed E-state index contributed by atoms with van der Waals surface area (Å²) < 4.78 is 26.3. The molecule has 0 bridgehead atoms. The van der Waals surface area contributed by atoms with E-state index in [1.54, 1.807) is 18.2 Å². The van der Waals surface area contributed by atoms with Gasteiger partial charge in [-0.15, -0.1) is 0 Å². The first-order valence-corrected chi connectivity index (χ1v) is 21.0. The van der Waals surface area contributed by atoms with E-state index in [1.165, 1.54) is 5.57 Å². The molecular formula is C46H56N2O8. The maximum Gasteiger partial charge on any atom is 0.339 e. The summed E-state index contributed by atoms with van der Waals surface area (Å²) in [5.41, 5.74) is 4.74. The second-order valence-electron chi connectivity index (χ2n) is 18.3. The van der Waals surface area contributed by atoms with E-state index in [4.69, 9.17) is 24.1 Å². The third-order valence-corrected chi connectivity index (χ3v) is 13.9. The predicted octanol–water partition coefficient (Wildman–Crippen LogP) is 6.66. The zero-order valence-electron chi connectivity index (χ0n) is 32.9. The summed E-state index contributed by atoms with van der Waals surface area (Å²) in [4.78, 5) is 40.7. The van der Waals surface area contributed by atoms with Crippen molar-refractivity contribution in [1.82, 2.24) is 10.6 Å². The van der Waals surface area contributed by atoms with Crippen LogP contribution in [0.5, 0.6) is 0 Å². The first-order chi connectivity index (χ1) is 27.0. The van der Waals surface area contributed by atoms with Crippen molar-refractivity contribution in [1.29, 1.82) is 0 Å². The van der Waals surface area contributed by atoms with Gasteiger partial charge in [0.15, 0.2) is 5.79 Å². The van der Waals surface area contributed by atoms with Crippen LogP contribution in [0.3, 0.4) is 0 Å². The Labute approximate surface area is 329 Å². The molecule has 2 amide bonds. The fraction of sp³-hybridized carbons (Fsp3) is 0.587.